The fourth-order valence-electron chi connectivity index (χ4n) is 2.93. The number of esters is 1. The molecule has 3 rings (SSSR count). The molecule has 0 aromatic heterocycles. The molecule has 1 N–H and O–H groups in total. The third kappa shape index (κ3) is 4.04. The lowest BCUT2D eigenvalue weighted by Crippen LogP contribution is -2.40. The highest BCUT2D eigenvalue weighted by atomic mass is 32.2. The van der Waals surface area contributed by atoms with Crippen molar-refractivity contribution in [2.24, 2.45) is 0 Å². The summed E-state index contributed by atoms with van der Waals surface area (Å²) < 4.78 is 42.7. The SMILES string of the molecule is CC(=O)NC[C@H]1C=C(c2ccc(N3CCS(=O)(=O)CC3)c(F)c2)C(=O)O1. The zero-order chi connectivity index (χ0) is 18.9. The third-order valence-electron chi connectivity index (χ3n) is 4.33. The molecule has 1 amide bonds. The van der Waals surface area contributed by atoms with Crippen LogP contribution in [0.3, 0.4) is 0 Å². The zero-order valence-electron chi connectivity index (χ0n) is 14.2. The van der Waals surface area contributed by atoms with Gasteiger partial charge in [0.05, 0.1) is 29.3 Å². The van der Waals surface area contributed by atoms with Gasteiger partial charge >= 0.3 is 5.97 Å². The van der Waals surface area contributed by atoms with E-state index in [-0.39, 0.29) is 42.6 Å². The van der Waals surface area contributed by atoms with Gasteiger partial charge < -0.3 is 15.0 Å². The Morgan fingerprint density at radius 1 is 1.35 bits per heavy atom. The molecule has 0 saturated carbocycles. The molecule has 2 aliphatic rings. The van der Waals surface area contributed by atoms with Gasteiger partial charge in [-0.1, -0.05) is 6.07 Å². The summed E-state index contributed by atoms with van der Waals surface area (Å²) in [7, 11) is -3.05. The molecule has 1 atom stereocenters. The van der Waals surface area contributed by atoms with Crippen LogP contribution in [0.1, 0.15) is 12.5 Å². The molecule has 0 spiro atoms. The van der Waals surface area contributed by atoms with E-state index in [9.17, 15) is 22.4 Å². The van der Waals surface area contributed by atoms with E-state index in [1.807, 2.05) is 0 Å². The first-order valence-electron chi connectivity index (χ1n) is 8.18. The molecule has 0 aliphatic carbocycles. The molecule has 1 fully saturated rings. The Bertz CT molecular complexity index is 867. The largest absolute Gasteiger partial charge is 0.453 e. The number of hydrogen-bond donors (Lipinski definition) is 1. The molecule has 2 aliphatic heterocycles. The third-order valence-corrected chi connectivity index (χ3v) is 5.94. The van der Waals surface area contributed by atoms with Crippen LogP contribution >= 0.6 is 0 Å². The molecule has 2 heterocycles. The highest BCUT2D eigenvalue weighted by Crippen LogP contribution is 2.29. The van der Waals surface area contributed by atoms with E-state index in [2.05, 4.69) is 5.32 Å². The maximum atomic E-state index is 14.5. The first-order valence-corrected chi connectivity index (χ1v) is 10.00. The molecular formula is C17H19FN2O5S. The Morgan fingerprint density at radius 3 is 2.65 bits per heavy atom. The van der Waals surface area contributed by atoms with E-state index < -0.39 is 27.7 Å². The maximum absolute atomic E-state index is 14.5. The summed E-state index contributed by atoms with van der Waals surface area (Å²) in [5.74, 6) is -1.34. The van der Waals surface area contributed by atoms with Gasteiger partial charge in [-0.05, 0) is 23.8 Å². The first kappa shape index (κ1) is 18.4. The van der Waals surface area contributed by atoms with Crippen LogP contribution in [0.4, 0.5) is 10.1 Å². The van der Waals surface area contributed by atoms with Gasteiger partial charge in [0.25, 0.3) is 0 Å². The topological polar surface area (TPSA) is 92.8 Å². The minimum Gasteiger partial charge on any atom is -0.453 e. The van der Waals surface area contributed by atoms with E-state index in [1.165, 1.54) is 19.1 Å². The van der Waals surface area contributed by atoms with Gasteiger partial charge in [-0.15, -0.1) is 0 Å². The summed E-state index contributed by atoms with van der Waals surface area (Å²) in [6.45, 7) is 2.00. The van der Waals surface area contributed by atoms with Gasteiger partial charge in [0.15, 0.2) is 9.84 Å². The average molecular weight is 382 g/mol. The van der Waals surface area contributed by atoms with Gasteiger partial charge in [0.1, 0.15) is 11.9 Å². The summed E-state index contributed by atoms with van der Waals surface area (Å²) in [5, 5.41) is 2.56. The molecule has 0 unspecified atom stereocenters. The number of cyclic esters (lactones) is 1. The predicted molar refractivity (Wildman–Crippen MR) is 93.8 cm³/mol. The lowest BCUT2D eigenvalue weighted by Gasteiger charge is -2.29. The maximum Gasteiger partial charge on any atom is 0.339 e. The second-order valence-electron chi connectivity index (χ2n) is 6.27. The first-order chi connectivity index (χ1) is 12.2. The Hall–Kier alpha value is -2.42. The van der Waals surface area contributed by atoms with E-state index in [0.717, 1.165) is 0 Å². The summed E-state index contributed by atoms with van der Waals surface area (Å²) in [4.78, 5) is 24.6. The molecule has 1 aromatic carbocycles. The molecule has 0 radical (unpaired) electrons. The quantitative estimate of drug-likeness (QED) is 0.763. The number of hydrogen-bond acceptors (Lipinski definition) is 6. The Labute approximate surface area is 150 Å². The number of nitrogens with zero attached hydrogens (tertiary/aromatic N) is 1. The van der Waals surface area contributed by atoms with Crippen molar-refractivity contribution in [1.29, 1.82) is 0 Å². The van der Waals surface area contributed by atoms with Crippen molar-refractivity contribution in [3.63, 3.8) is 0 Å². The van der Waals surface area contributed by atoms with Crippen LogP contribution in [-0.4, -0.2) is 57.5 Å². The smallest absolute Gasteiger partial charge is 0.339 e. The summed E-state index contributed by atoms with van der Waals surface area (Å²) in [5.41, 5.74) is 0.934. The van der Waals surface area contributed by atoms with Crippen molar-refractivity contribution in [3.8, 4) is 0 Å². The van der Waals surface area contributed by atoms with Crippen LogP contribution in [0, 0.1) is 5.82 Å². The summed E-state index contributed by atoms with van der Waals surface area (Å²) >= 11 is 0. The van der Waals surface area contributed by atoms with Crippen molar-refractivity contribution in [2.45, 2.75) is 13.0 Å². The highest BCUT2D eigenvalue weighted by Gasteiger charge is 2.28. The van der Waals surface area contributed by atoms with Crippen molar-refractivity contribution in [3.05, 3.63) is 35.7 Å². The van der Waals surface area contributed by atoms with Crippen LogP contribution in [0.15, 0.2) is 24.3 Å². The number of sulfone groups is 1. The van der Waals surface area contributed by atoms with Crippen LogP contribution in [-0.2, 0) is 24.2 Å². The number of nitrogens with one attached hydrogen (secondary N) is 1. The molecule has 1 saturated heterocycles. The van der Waals surface area contributed by atoms with Crippen LogP contribution < -0.4 is 10.2 Å². The van der Waals surface area contributed by atoms with Crippen molar-refractivity contribution in [2.75, 3.05) is 36.0 Å². The second-order valence-corrected chi connectivity index (χ2v) is 8.57. The molecule has 0 bridgehead atoms. The van der Waals surface area contributed by atoms with Crippen LogP contribution in [0.2, 0.25) is 0 Å². The van der Waals surface area contributed by atoms with E-state index >= 15 is 0 Å². The number of benzene rings is 1. The van der Waals surface area contributed by atoms with Crippen LogP contribution in [0.5, 0.6) is 0 Å². The van der Waals surface area contributed by atoms with Crippen LogP contribution in [0.25, 0.3) is 5.57 Å². The second kappa shape index (κ2) is 7.06. The van der Waals surface area contributed by atoms with Crippen molar-refractivity contribution in [1.82, 2.24) is 5.32 Å². The van der Waals surface area contributed by atoms with Gasteiger partial charge in [-0.25, -0.2) is 17.6 Å². The standard InChI is InChI=1S/C17H19FN2O5S/c1-11(21)19-10-13-9-14(17(22)25-13)12-2-3-16(15(18)8-12)20-4-6-26(23,24)7-5-20/h2-3,8-9,13H,4-7,10H2,1H3,(H,19,21)/t13-/m1/s1. The Morgan fingerprint density at radius 2 is 2.04 bits per heavy atom. The Balaban J connectivity index is 1.76. The summed E-state index contributed by atoms with van der Waals surface area (Å²) in [6, 6.07) is 4.39. The molecule has 26 heavy (non-hydrogen) atoms. The molecule has 140 valence electrons. The monoisotopic (exact) mass is 382 g/mol. The van der Waals surface area contributed by atoms with E-state index in [1.54, 1.807) is 17.0 Å². The van der Waals surface area contributed by atoms with Gasteiger partial charge in [0, 0.05) is 20.0 Å². The number of ether oxygens (including phenoxy) is 1. The van der Waals surface area contributed by atoms with Gasteiger partial charge in [0.2, 0.25) is 5.91 Å². The zero-order valence-corrected chi connectivity index (χ0v) is 15.0. The van der Waals surface area contributed by atoms with E-state index in [4.69, 9.17) is 4.74 Å². The normalized spacial score (nSPS) is 21.9. The summed E-state index contributed by atoms with van der Waals surface area (Å²) in [6.07, 6.45) is 0.969. The minimum absolute atomic E-state index is 0.00347. The minimum atomic E-state index is -3.05. The molecule has 7 nitrogen and oxygen atoms in total. The molecule has 9 heteroatoms. The Kier molecular flexibility index (Phi) is 4.99. The fraction of sp³-hybridized carbons (Fsp3) is 0.412. The fourth-order valence-corrected chi connectivity index (χ4v) is 4.13. The predicted octanol–water partition coefficient (Wildman–Crippen LogP) is 0.505. The van der Waals surface area contributed by atoms with Crippen molar-refractivity contribution < 1.29 is 27.1 Å². The lowest BCUT2D eigenvalue weighted by molar-refractivity contribution is -0.138. The number of anilines is 1. The number of carbonyl (C=O) groups is 2. The van der Waals surface area contributed by atoms with Gasteiger partial charge in [-0.2, -0.15) is 0 Å². The molecule has 1 aromatic rings. The average Bonchev–Trinajstić information content (AvgIpc) is 2.94. The van der Waals surface area contributed by atoms with Crippen molar-refractivity contribution >= 4 is 33.0 Å². The lowest BCUT2D eigenvalue weighted by atomic mass is 10.0. The molecular weight excluding hydrogens is 363 g/mol. The number of carbonyl (C=O) groups excluding carboxylic acids is 2. The van der Waals surface area contributed by atoms with Gasteiger partial charge in [-0.3, -0.25) is 4.79 Å². The number of halogens is 1. The van der Waals surface area contributed by atoms with E-state index in [0.29, 0.717) is 11.3 Å². The number of rotatable bonds is 4. The number of amides is 1. The highest BCUT2D eigenvalue weighted by molar-refractivity contribution is 7.91.